The lowest BCUT2D eigenvalue weighted by molar-refractivity contribution is -0.124. The van der Waals surface area contributed by atoms with Gasteiger partial charge >= 0.3 is 0 Å². The number of rotatable bonds is 3. The number of hydrogen-bond donors (Lipinski definition) is 2. The summed E-state index contributed by atoms with van der Waals surface area (Å²) in [5.74, 6) is -0.861. The van der Waals surface area contributed by atoms with Crippen LogP contribution in [0.3, 0.4) is 0 Å². The number of primary amides is 1. The van der Waals surface area contributed by atoms with E-state index in [1.165, 1.54) is 4.90 Å². The van der Waals surface area contributed by atoms with Crippen molar-refractivity contribution in [3.8, 4) is 17.3 Å². The molecule has 1 aliphatic rings. The fraction of sp³-hybridized carbons (Fsp3) is 0.278. The number of amides is 2. The Hall–Kier alpha value is -3.07. The monoisotopic (exact) mass is 322 g/mol. The highest BCUT2D eigenvalue weighted by Crippen LogP contribution is 2.31. The van der Waals surface area contributed by atoms with Gasteiger partial charge in [-0.15, -0.1) is 0 Å². The second-order valence-corrected chi connectivity index (χ2v) is 6.12. The molecule has 122 valence electrons. The Morgan fingerprint density at radius 2 is 2.04 bits per heavy atom. The molecule has 2 amide bonds. The Bertz CT molecular complexity index is 834. The third kappa shape index (κ3) is 2.54. The fourth-order valence-corrected chi connectivity index (χ4v) is 3.05. The van der Waals surface area contributed by atoms with Gasteiger partial charge in [-0.1, -0.05) is 30.3 Å². The molecule has 6 heteroatoms. The molecular weight excluding hydrogens is 304 g/mol. The number of nitrogens with one attached hydrogen (secondary N) is 1. The molecule has 1 aliphatic heterocycles. The normalized spacial score (nSPS) is 19.9. The Balaban J connectivity index is 1.86. The quantitative estimate of drug-likeness (QED) is 0.901. The summed E-state index contributed by atoms with van der Waals surface area (Å²) in [6, 6.07) is 13.5. The number of aromatic amines is 1. The highest BCUT2D eigenvalue weighted by molar-refractivity contribution is 5.98. The largest absolute Gasteiger partial charge is 0.368 e. The maximum Gasteiger partial charge on any atom is 0.255 e. The third-order valence-electron chi connectivity index (χ3n) is 4.57. The molecule has 2 aromatic rings. The molecule has 1 fully saturated rings. The number of nitriles is 1. The molecule has 1 atom stereocenters. The molecule has 0 bridgehead atoms. The summed E-state index contributed by atoms with van der Waals surface area (Å²) < 4.78 is 0. The molecule has 0 spiro atoms. The van der Waals surface area contributed by atoms with Crippen LogP contribution in [-0.4, -0.2) is 34.8 Å². The highest BCUT2D eigenvalue weighted by atomic mass is 16.2. The first-order valence-electron chi connectivity index (χ1n) is 7.72. The minimum Gasteiger partial charge on any atom is -0.368 e. The number of benzene rings is 1. The van der Waals surface area contributed by atoms with Crippen LogP contribution in [0, 0.1) is 23.7 Å². The molecule has 1 unspecified atom stereocenters. The van der Waals surface area contributed by atoms with Crippen LogP contribution < -0.4 is 5.73 Å². The number of carbonyl (C=O) groups is 2. The lowest BCUT2D eigenvalue weighted by Crippen LogP contribution is -2.40. The smallest absolute Gasteiger partial charge is 0.255 e. The number of hydrogen-bond acceptors (Lipinski definition) is 3. The molecule has 3 N–H and O–H groups in total. The van der Waals surface area contributed by atoms with Crippen molar-refractivity contribution in [1.82, 2.24) is 9.88 Å². The number of nitrogens with zero attached hydrogens (tertiary/aromatic N) is 2. The van der Waals surface area contributed by atoms with Crippen LogP contribution in [0.2, 0.25) is 0 Å². The Kier molecular flexibility index (Phi) is 3.86. The van der Waals surface area contributed by atoms with E-state index in [0.29, 0.717) is 12.1 Å². The Morgan fingerprint density at radius 3 is 2.62 bits per heavy atom. The standard InChI is InChI=1S/C18H18N4O2/c1-12-14(9-15(21-12)13-5-3-2-4-6-13)16(23)22-8-7-18(10-19,11-22)17(20)24/h2-6,9,21H,7-8,11H2,1H3,(H2,20,24). The van der Waals surface area contributed by atoms with E-state index in [1.54, 1.807) is 0 Å². The maximum absolute atomic E-state index is 12.8. The maximum atomic E-state index is 12.8. The molecule has 1 aromatic heterocycles. The van der Waals surface area contributed by atoms with Crippen LogP contribution in [0.25, 0.3) is 11.3 Å². The lowest BCUT2D eigenvalue weighted by atomic mass is 9.88. The minimum atomic E-state index is -1.28. The second-order valence-electron chi connectivity index (χ2n) is 6.12. The highest BCUT2D eigenvalue weighted by Gasteiger charge is 2.45. The van der Waals surface area contributed by atoms with E-state index in [9.17, 15) is 14.9 Å². The zero-order valence-corrected chi connectivity index (χ0v) is 13.4. The van der Waals surface area contributed by atoms with Crippen molar-refractivity contribution in [3.05, 3.63) is 47.7 Å². The van der Waals surface area contributed by atoms with Gasteiger partial charge in [-0.3, -0.25) is 9.59 Å². The van der Waals surface area contributed by atoms with E-state index in [2.05, 4.69) is 4.98 Å². The van der Waals surface area contributed by atoms with Crippen molar-refractivity contribution in [2.24, 2.45) is 11.1 Å². The van der Waals surface area contributed by atoms with Gasteiger partial charge in [0.25, 0.3) is 5.91 Å². The summed E-state index contributed by atoms with van der Waals surface area (Å²) in [5.41, 5.74) is 7.23. The van der Waals surface area contributed by atoms with Crippen LogP contribution >= 0.6 is 0 Å². The summed E-state index contributed by atoms with van der Waals surface area (Å²) in [4.78, 5) is 29.1. The van der Waals surface area contributed by atoms with Gasteiger partial charge in [0.05, 0.1) is 11.6 Å². The van der Waals surface area contributed by atoms with E-state index in [0.717, 1.165) is 17.0 Å². The third-order valence-corrected chi connectivity index (χ3v) is 4.57. The number of carbonyl (C=O) groups excluding carboxylic acids is 2. The molecule has 1 saturated heterocycles. The van der Waals surface area contributed by atoms with Crippen LogP contribution in [0.4, 0.5) is 0 Å². The number of likely N-dealkylation sites (tertiary alicyclic amines) is 1. The molecule has 24 heavy (non-hydrogen) atoms. The first-order valence-corrected chi connectivity index (χ1v) is 7.72. The molecule has 0 saturated carbocycles. The predicted molar refractivity (Wildman–Crippen MR) is 88.7 cm³/mol. The zero-order valence-electron chi connectivity index (χ0n) is 13.4. The topological polar surface area (TPSA) is 103 Å². The first kappa shape index (κ1) is 15.8. The van der Waals surface area contributed by atoms with Gasteiger partial charge < -0.3 is 15.6 Å². The van der Waals surface area contributed by atoms with Crippen LogP contribution in [0.5, 0.6) is 0 Å². The van der Waals surface area contributed by atoms with Gasteiger partial charge in [0, 0.05) is 24.5 Å². The summed E-state index contributed by atoms with van der Waals surface area (Å²) in [7, 11) is 0. The molecule has 0 aliphatic carbocycles. The molecule has 0 radical (unpaired) electrons. The molecule has 2 heterocycles. The van der Waals surface area contributed by atoms with Gasteiger partial charge in [0.15, 0.2) is 5.41 Å². The van der Waals surface area contributed by atoms with Crippen molar-refractivity contribution in [1.29, 1.82) is 5.26 Å². The van der Waals surface area contributed by atoms with Gasteiger partial charge in [0.1, 0.15) is 0 Å². The van der Waals surface area contributed by atoms with Crippen LogP contribution in [0.1, 0.15) is 22.5 Å². The summed E-state index contributed by atoms with van der Waals surface area (Å²) >= 11 is 0. The van der Waals surface area contributed by atoms with E-state index >= 15 is 0 Å². The van der Waals surface area contributed by atoms with Crippen molar-refractivity contribution < 1.29 is 9.59 Å². The molecule has 1 aromatic carbocycles. The van der Waals surface area contributed by atoms with E-state index in [4.69, 9.17) is 5.73 Å². The molecular formula is C18H18N4O2. The average Bonchev–Trinajstić information content (AvgIpc) is 3.20. The zero-order chi connectivity index (χ0) is 17.3. The van der Waals surface area contributed by atoms with Crippen molar-refractivity contribution in [2.75, 3.05) is 13.1 Å². The average molecular weight is 322 g/mol. The van der Waals surface area contributed by atoms with Gasteiger partial charge in [0.2, 0.25) is 5.91 Å². The van der Waals surface area contributed by atoms with E-state index in [1.807, 2.05) is 49.4 Å². The first-order chi connectivity index (χ1) is 11.5. The van der Waals surface area contributed by atoms with Crippen molar-refractivity contribution >= 4 is 11.8 Å². The SMILES string of the molecule is Cc1[nH]c(-c2ccccc2)cc1C(=O)N1CCC(C#N)(C(N)=O)C1. The van der Waals surface area contributed by atoms with Crippen molar-refractivity contribution in [2.45, 2.75) is 13.3 Å². The van der Waals surface area contributed by atoms with Crippen molar-refractivity contribution in [3.63, 3.8) is 0 Å². The predicted octanol–water partition coefficient (Wildman–Crippen LogP) is 1.83. The van der Waals surface area contributed by atoms with Gasteiger partial charge in [-0.2, -0.15) is 5.26 Å². The number of aromatic nitrogens is 1. The Labute approximate surface area is 139 Å². The number of aryl methyl sites for hydroxylation is 1. The van der Waals surface area contributed by atoms with Gasteiger partial charge in [-0.05, 0) is 25.0 Å². The lowest BCUT2D eigenvalue weighted by Gasteiger charge is -2.18. The summed E-state index contributed by atoms with van der Waals surface area (Å²) in [6.07, 6.45) is 0.277. The van der Waals surface area contributed by atoms with Crippen LogP contribution in [-0.2, 0) is 4.79 Å². The fourth-order valence-electron chi connectivity index (χ4n) is 3.05. The minimum absolute atomic E-state index is 0.0446. The van der Waals surface area contributed by atoms with E-state index in [-0.39, 0.29) is 18.9 Å². The van der Waals surface area contributed by atoms with Gasteiger partial charge in [-0.25, -0.2) is 0 Å². The number of nitrogens with two attached hydrogens (primary N) is 1. The van der Waals surface area contributed by atoms with Crippen LogP contribution in [0.15, 0.2) is 36.4 Å². The molecule has 6 nitrogen and oxygen atoms in total. The summed E-state index contributed by atoms with van der Waals surface area (Å²) in [6.45, 7) is 2.23. The molecule has 3 rings (SSSR count). The second kappa shape index (κ2) is 5.85. The Morgan fingerprint density at radius 1 is 1.33 bits per heavy atom. The number of H-pyrrole nitrogens is 1. The van der Waals surface area contributed by atoms with E-state index < -0.39 is 11.3 Å². The summed E-state index contributed by atoms with van der Waals surface area (Å²) in [5, 5.41) is 9.27.